The molecule has 7 heteroatoms. The normalized spacial score (nSPS) is 27.7. The highest BCUT2D eigenvalue weighted by Crippen LogP contribution is 2.50. The number of amides is 1. The Balaban J connectivity index is 1.44. The third kappa shape index (κ3) is 3.26. The van der Waals surface area contributed by atoms with E-state index in [1.807, 2.05) is 6.07 Å². The third-order valence-corrected chi connectivity index (χ3v) is 6.91. The molecule has 1 aromatic carbocycles. The van der Waals surface area contributed by atoms with Gasteiger partial charge in [-0.25, -0.2) is 4.39 Å². The first-order valence-corrected chi connectivity index (χ1v) is 10.7. The highest BCUT2D eigenvalue weighted by atomic mass is 19.1. The summed E-state index contributed by atoms with van der Waals surface area (Å²) in [4.78, 5) is 27.8. The Labute approximate surface area is 174 Å². The molecule has 0 bridgehead atoms. The molecule has 2 aliphatic heterocycles. The second kappa shape index (κ2) is 7.63. The van der Waals surface area contributed by atoms with Gasteiger partial charge in [0.2, 0.25) is 5.91 Å². The lowest BCUT2D eigenvalue weighted by molar-refractivity contribution is -0.128. The van der Waals surface area contributed by atoms with Crippen LogP contribution >= 0.6 is 0 Å². The van der Waals surface area contributed by atoms with E-state index in [0.717, 1.165) is 25.1 Å². The number of hydrogen-bond donors (Lipinski definition) is 2. The van der Waals surface area contributed by atoms with E-state index in [4.69, 9.17) is 0 Å². The Morgan fingerprint density at radius 3 is 2.70 bits per heavy atom. The van der Waals surface area contributed by atoms with Gasteiger partial charge in [-0.2, -0.15) is 0 Å². The number of benzene rings is 1. The van der Waals surface area contributed by atoms with Crippen molar-refractivity contribution in [2.75, 3.05) is 13.2 Å². The Morgan fingerprint density at radius 1 is 1.17 bits per heavy atom. The molecule has 2 fully saturated rings. The predicted molar refractivity (Wildman–Crippen MR) is 109 cm³/mol. The number of pyridine rings is 1. The van der Waals surface area contributed by atoms with Crippen LogP contribution in [-0.4, -0.2) is 39.7 Å². The summed E-state index contributed by atoms with van der Waals surface area (Å²) in [6.07, 6.45) is 2.28. The van der Waals surface area contributed by atoms with Crippen molar-refractivity contribution in [3.8, 4) is 0 Å². The summed E-state index contributed by atoms with van der Waals surface area (Å²) in [6, 6.07) is 11.2. The summed E-state index contributed by atoms with van der Waals surface area (Å²) in [5.74, 6) is -0.240. The number of nitrogens with one attached hydrogen (secondary N) is 1. The average molecular weight is 411 g/mol. The van der Waals surface area contributed by atoms with Crippen LogP contribution in [0.25, 0.3) is 0 Å². The minimum Gasteiger partial charge on any atom is -0.396 e. The highest BCUT2D eigenvalue weighted by molar-refractivity contribution is 5.82. The Morgan fingerprint density at radius 2 is 1.97 bits per heavy atom. The fourth-order valence-corrected chi connectivity index (χ4v) is 5.29. The van der Waals surface area contributed by atoms with Gasteiger partial charge in [0.25, 0.3) is 5.56 Å². The zero-order valence-corrected chi connectivity index (χ0v) is 16.7. The SMILES string of the molecule is O=C(NCc1ccccc1F)[C@@H]1[C@@H](CO)[C@@H]2Cn3c(cccc3=O)[C@@H]2N1CC1CC1. The topological polar surface area (TPSA) is 74.6 Å². The summed E-state index contributed by atoms with van der Waals surface area (Å²) in [5.41, 5.74) is 1.33. The van der Waals surface area contributed by atoms with Crippen LogP contribution in [0.15, 0.2) is 47.3 Å². The number of carbonyl (C=O) groups excluding carboxylic acids is 1. The van der Waals surface area contributed by atoms with Gasteiger partial charge in [-0.05, 0) is 30.9 Å². The number of aliphatic hydroxyl groups excluding tert-OH is 1. The van der Waals surface area contributed by atoms with Crippen LogP contribution in [-0.2, 0) is 17.9 Å². The van der Waals surface area contributed by atoms with E-state index < -0.39 is 6.04 Å². The summed E-state index contributed by atoms with van der Waals surface area (Å²) in [5, 5.41) is 13.1. The van der Waals surface area contributed by atoms with E-state index >= 15 is 0 Å². The Kier molecular flexibility index (Phi) is 4.95. The van der Waals surface area contributed by atoms with Crippen LogP contribution in [0.2, 0.25) is 0 Å². The summed E-state index contributed by atoms with van der Waals surface area (Å²) < 4.78 is 15.8. The van der Waals surface area contributed by atoms with E-state index in [0.29, 0.717) is 18.0 Å². The Bertz CT molecular complexity index is 1020. The van der Waals surface area contributed by atoms with Crippen molar-refractivity contribution in [2.45, 2.75) is 38.0 Å². The number of hydrogen-bond acceptors (Lipinski definition) is 4. The van der Waals surface area contributed by atoms with Gasteiger partial charge in [0.1, 0.15) is 5.82 Å². The number of aromatic nitrogens is 1. The number of aliphatic hydroxyl groups is 1. The molecule has 30 heavy (non-hydrogen) atoms. The minimum absolute atomic E-state index is 0.00746. The molecular formula is C23H26FN3O3. The van der Waals surface area contributed by atoms with Crippen molar-refractivity contribution >= 4 is 5.91 Å². The summed E-state index contributed by atoms with van der Waals surface area (Å²) >= 11 is 0. The quantitative estimate of drug-likeness (QED) is 0.759. The molecule has 4 atom stereocenters. The smallest absolute Gasteiger partial charge is 0.250 e. The van der Waals surface area contributed by atoms with Crippen molar-refractivity contribution in [3.05, 3.63) is 69.9 Å². The van der Waals surface area contributed by atoms with Crippen LogP contribution in [0.5, 0.6) is 0 Å². The fourth-order valence-electron chi connectivity index (χ4n) is 5.29. The maximum Gasteiger partial charge on any atom is 0.250 e. The maximum absolute atomic E-state index is 14.0. The molecule has 5 rings (SSSR count). The van der Waals surface area contributed by atoms with E-state index in [1.165, 1.54) is 6.07 Å². The lowest BCUT2D eigenvalue weighted by Gasteiger charge is -2.30. The van der Waals surface area contributed by atoms with E-state index in [-0.39, 0.29) is 48.3 Å². The van der Waals surface area contributed by atoms with Crippen molar-refractivity contribution < 1.29 is 14.3 Å². The van der Waals surface area contributed by atoms with Crippen LogP contribution in [0.1, 0.15) is 30.1 Å². The minimum atomic E-state index is -0.485. The van der Waals surface area contributed by atoms with Gasteiger partial charge in [-0.1, -0.05) is 24.3 Å². The molecule has 0 radical (unpaired) electrons. The van der Waals surface area contributed by atoms with Crippen molar-refractivity contribution in [1.29, 1.82) is 0 Å². The van der Waals surface area contributed by atoms with Crippen molar-refractivity contribution in [3.63, 3.8) is 0 Å². The standard InChI is InChI=1S/C23H26FN3O3/c24-18-5-2-1-4-15(18)10-25-23(30)22-17(13-28)16-12-26-19(6-3-7-20(26)29)21(16)27(22)11-14-8-9-14/h1-7,14,16-17,21-22,28H,8-13H2,(H,25,30)/t16-,17-,21+,22-/m0/s1. The monoisotopic (exact) mass is 411 g/mol. The molecule has 2 aromatic rings. The van der Waals surface area contributed by atoms with Gasteiger partial charge in [-0.15, -0.1) is 0 Å². The maximum atomic E-state index is 14.0. The lowest BCUT2D eigenvalue weighted by atomic mass is 9.88. The van der Waals surface area contributed by atoms with Gasteiger partial charge >= 0.3 is 0 Å². The molecular weight excluding hydrogens is 385 g/mol. The lowest BCUT2D eigenvalue weighted by Crippen LogP contribution is -2.48. The third-order valence-electron chi connectivity index (χ3n) is 6.91. The molecule has 0 unspecified atom stereocenters. The van der Waals surface area contributed by atoms with Gasteiger partial charge in [-0.3, -0.25) is 14.5 Å². The van der Waals surface area contributed by atoms with Crippen LogP contribution in [0, 0.1) is 23.6 Å². The van der Waals surface area contributed by atoms with Gasteiger partial charge in [0.05, 0.1) is 12.1 Å². The molecule has 1 saturated heterocycles. The molecule has 0 spiro atoms. The van der Waals surface area contributed by atoms with Crippen molar-refractivity contribution in [1.82, 2.24) is 14.8 Å². The summed E-state index contributed by atoms with van der Waals surface area (Å²) in [7, 11) is 0. The number of fused-ring (bicyclic) bond motifs is 3. The number of likely N-dealkylation sites (tertiary alicyclic amines) is 1. The number of nitrogens with zero attached hydrogens (tertiary/aromatic N) is 2. The Hall–Kier alpha value is -2.51. The predicted octanol–water partition coefficient (Wildman–Crippen LogP) is 1.68. The van der Waals surface area contributed by atoms with Gasteiger partial charge in [0, 0.05) is 55.4 Å². The summed E-state index contributed by atoms with van der Waals surface area (Å²) in [6.45, 7) is 1.29. The first kappa shape index (κ1) is 19.5. The van der Waals surface area contributed by atoms with E-state index in [2.05, 4.69) is 10.2 Å². The zero-order chi connectivity index (χ0) is 20.8. The number of halogens is 1. The second-order valence-electron chi connectivity index (χ2n) is 8.75. The highest BCUT2D eigenvalue weighted by Gasteiger charge is 2.56. The first-order chi connectivity index (χ1) is 14.6. The first-order valence-electron chi connectivity index (χ1n) is 10.7. The zero-order valence-electron chi connectivity index (χ0n) is 16.7. The van der Waals surface area contributed by atoms with Gasteiger partial charge < -0.3 is 15.0 Å². The molecule has 6 nitrogen and oxygen atoms in total. The average Bonchev–Trinajstić information content (AvgIpc) is 3.39. The van der Waals surface area contributed by atoms with E-state index in [9.17, 15) is 19.1 Å². The molecule has 1 aliphatic carbocycles. The molecule has 158 valence electrons. The van der Waals surface area contributed by atoms with Gasteiger partial charge in [0.15, 0.2) is 0 Å². The van der Waals surface area contributed by atoms with E-state index in [1.54, 1.807) is 34.9 Å². The molecule has 3 aliphatic rings. The second-order valence-corrected chi connectivity index (χ2v) is 8.75. The fraction of sp³-hybridized carbons (Fsp3) is 0.478. The largest absolute Gasteiger partial charge is 0.396 e. The molecule has 3 heterocycles. The van der Waals surface area contributed by atoms with Crippen LogP contribution < -0.4 is 10.9 Å². The molecule has 2 N–H and O–H groups in total. The van der Waals surface area contributed by atoms with Crippen LogP contribution in [0.3, 0.4) is 0 Å². The number of carbonyl (C=O) groups is 1. The van der Waals surface area contributed by atoms with Crippen molar-refractivity contribution in [2.24, 2.45) is 17.8 Å². The van der Waals surface area contributed by atoms with Crippen LogP contribution in [0.4, 0.5) is 4.39 Å². The molecule has 1 aromatic heterocycles. The number of rotatable bonds is 6. The molecule has 1 amide bonds. The molecule has 1 saturated carbocycles.